The zero-order chi connectivity index (χ0) is 19.8. The molecule has 1 fully saturated rings. The van der Waals surface area contributed by atoms with E-state index in [1.54, 1.807) is 11.3 Å². The van der Waals surface area contributed by atoms with Gasteiger partial charge in [0.15, 0.2) is 0 Å². The molecule has 4 rings (SSSR count). The fourth-order valence-electron chi connectivity index (χ4n) is 4.09. The molecular formula is C21H26N4O2S. The van der Waals surface area contributed by atoms with Crippen LogP contribution in [0.4, 0.5) is 0 Å². The van der Waals surface area contributed by atoms with E-state index in [9.17, 15) is 4.79 Å². The number of pyridine rings is 1. The van der Waals surface area contributed by atoms with E-state index in [1.807, 2.05) is 24.9 Å². The molecule has 1 aliphatic heterocycles. The normalized spacial score (nSPS) is 15.5. The molecule has 0 aromatic carbocycles. The van der Waals surface area contributed by atoms with Crippen molar-refractivity contribution in [2.75, 3.05) is 26.7 Å². The first-order valence-electron chi connectivity index (χ1n) is 9.76. The van der Waals surface area contributed by atoms with Crippen LogP contribution < -0.4 is 5.32 Å². The Bertz CT molecular complexity index is 1020. The summed E-state index contributed by atoms with van der Waals surface area (Å²) in [5.41, 5.74) is 3.63. The number of nitrogens with zero attached hydrogens (tertiary/aromatic N) is 3. The monoisotopic (exact) mass is 398 g/mol. The summed E-state index contributed by atoms with van der Waals surface area (Å²) in [5, 5.41) is 8.04. The molecule has 0 bridgehead atoms. The van der Waals surface area contributed by atoms with Crippen molar-refractivity contribution in [3.8, 4) is 11.3 Å². The van der Waals surface area contributed by atoms with Gasteiger partial charge in [-0.25, -0.2) is 4.98 Å². The first-order chi connectivity index (χ1) is 13.5. The number of nitrogens with one attached hydrogen (secondary N) is 1. The Morgan fingerprint density at radius 1 is 1.29 bits per heavy atom. The predicted molar refractivity (Wildman–Crippen MR) is 112 cm³/mol. The number of thiophene rings is 1. The lowest BCUT2D eigenvalue weighted by Crippen LogP contribution is -2.40. The molecule has 3 aromatic rings. The molecule has 0 aliphatic carbocycles. The van der Waals surface area contributed by atoms with Crippen LogP contribution in [-0.4, -0.2) is 47.6 Å². The molecule has 1 N–H and O–H groups in total. The van der Waals surface area contributed by atoms with Crippen LogP contribution in [0.2, 0.25) is 0 Å². The van der Waals surface area contributed by atoms with E-state index >= 15 is 0 Å². The van der Waals surface area contributed by atoms with Gasteiger partial charge in [0.05, 0.1) is 22.3 Å². The Labute approximate surface area is 168 Å². The van der Waals surface area contributed by atoms with Gasteiger partial charge in [-0.2, -0.15) is 0 Å². The van der Waals surface area contributed by atoms with Gasteiger partial charge in [-0.05, 0) is 65.3 Å². The zero-order valence-corrected chi connectivity index (χ0v) is 17.7. The van der Waals surface area contributed by atoms with Gasteiger partial charge < -0.3 is 14.7 Å². The molecule has 0 atom stereocenters. The number of carbonyl (C=O) groups excluding carboxylic acids is 1. The number of aryl methyl sites for hydroxylation is 3. The number of rotatable bonds is 4. The Hall–Kier alpha value is -2.25. The SMILES string of the molecule is CNCC1CCN(C(=O)c2cc(-c3cc(C)sc3C)nc3onc(C)c23)CC1. The molecule has 0 unspecified atom stereocenters. The summed E-state index contributed by atoms with van der Waals surface area (Å²) in [5.74, 6) is 0.684. The highest BCUT2D eigenvalue weighted by Gasteiger charge is 2.27. The Kier molecular flexibility index (Phi) is 5.21. The van der Waals surface area contributed by atoms with E-state index in [0.717, 1.165) is 49.1 Å². The quantitative estimate of drug-likeness (QED) is 0.721. The number of aromatic nitrogens is 2. The van der Waals surface area contributed by atoms with Crippen molar-refractivity contribution in [3.63, 3.8) is 0 Å². The van der Waals surface area contributed by atoms with Crippen molar-refractivity contribution < 1.29 is 9.32 Å². The Morgan fingerprint density at radius 2 is 2.04 bits per heavy atom. The van der Waals surface area contributed by atoms with Gasteiger partial charge in [0.2, 0.25) is 0 Å². The van der Waals surface area contributed by atoms with Crippen LogP contribution >= 0.6 is 11.3 Å². The van der Waals surface area contributed by atoms with Crippen molar-refractivity contribution in [1.82, 2.24) is 20.4 Å². The van der Waals surface area contributed by atoms with E-state index in [1.165, 1.54) is 9.75 Å². The fraction of sp³-hybridized carbons (Fsp3) is 0.476. The second kappa shape index (κ2) is 7.64. The van der Waals surface area contributed by atoms with E-state index in [4.69, 9.17) is 4.52 Å². The predicted octanol–water partition coefficient (Wildman–Crippen LogP) is 3.95. The van der Waals surface area contributed by atoms with Crippen molar-refractivity contribution in [2.45, 2.75) is 33.6 Å². The first-order valence-corrected chi connectivity index (χ1v) is 10.6. The van der Waals surface area contributed by atoms with Crippen molar-refractivity contribution in [2.24, 2.45) is 5.92 Å². The molecule has 0 radical (unpaired) electrons. The maximum Gasteiger partial charge on any atom is 0.259 e. The molecular weight excluding hydrogens is 372 g/mol. The topological polar surface area (TPSA) is 71.3 Å². The molecule has 1 aliphatic rings. The molecule has 148 valence electrons. The van der Waals surface area contributed by atoms with Crippen LogP contribution in [0, 0.1) is 26.7 Å². The minimum atomic E-state index is 0.0486. The second-order valence-corrected chi connectivity index (χ2v) is 9.08. The summed E-state index contributed by atoms with van der Waals surface area (Å²) in [6.45, 7) is 8.60. The van der Waals surface area contributed by atoms with Crippen molar-refractivity contribution >= 4 is 28.3 Å². The van der Waals surface area contributed by atoms with Gasteiger partial charge in [0.1, 0.15) is 0 Å². The van der Waals surface area contributed by atoms with Crippen molar-refractivity contribution in [1.29, 1.82) is 0 Å². The fourth-order valence-corrected chi connectivity index (χ4v) is 5.02. The van der Waals surface area contributed by atoms with Crippen LogP contribution in [0.3, 0.4) is 0 Å². The zero-order valence-electron chi connectivity index (χ0n) is 16.8. The standard InChI is InChI=1S/C21H26N4O2S/c1-12-9-16(14(3)28-12)18-10-17(19-13(2)24-27-20(19)23-18)21(26)25-7-5-15(6-8-25)11-22-4/h9-10,15,22H,5-8,11H2,1-4H3. The number of hydrogen-bond donors (Lipinski definition) is 1. The van der Waals surface area contributed by atoms with Crippen LogP contribution in [-0.2, 0) is 0 Å². The molecule has 4 heterocycles. The van der Waals surface area contributed by atoms with Gasteiger partial charge in [0, 0.05) is 28.4 Å². The second-order valence-electron chi connectivity index (χ2n) is 7.62. The molecule has 1 saturated heterocycles. The van der Waals surface area contributed by atoms with Gasteiger partial charge in [-0.1, -0.05) is 5.16 Å². The van der Waals surface area contributed by atoms with E-state index in [-0.39, 0.29) is 5.91 Å². The molecule has 1 amide bonds. The number of carbonyl (C=O) groups is 1. The number of amides is 1. The van der Waals surface area contributed by atoms with Crippen LogP contribution in [0.1, 0.15) is 38.6 Å². The van der Waals surface area contributed by atoms with Gasteiger partial charge in [0.25, 0.3) is 11.6 Å². The maximum absolute atomic E-state index is 13.4. The molecule has 28 heavy (non-hydrogen) atoms. The molecule has 3 aromatic heterocycles. The lowest BCUT2D eigenvalue weighted by atomic mass is 9.96. The third-order valence-corrected chi connectivity index (χ3v) is 6.52. The first kappa shape index (κ1) is 19.1. The summed E-state index contributed by atoms with van der Waals surface area (Å²) in [4.78, 5) is 22.5. The van der Waals surface area contributed by atoms with Crippen LogP contribution in [0.5, 0.6) is 0 Å². The van der Waals surface area contributed by atoms with Crippen LogP contribution in [0.25, 0.3) is 22.4 Å². The highest BCUT2D eigenvalue weighted by Crippen LogP contribution is 2.33. The third-order valence-electron chi connectivity index (χ3n) is 5.56. The van der Waals surface area contributed by atoms with E-state index in [0.29, 0.717) is 22.9 Å². The summed E-state index contributed by atoms with van der Waals surface area (Å²) < 4.78 is 5.45. The van der Waals surface area contributed by atoms with E-state index in [2.05, 4.69) is 35.4 Å². The summed E-state index contributed by atoms with van der Waals surface area (Å²) in [6, 6.07) is 4.04. The Morgan fingerprint density at radius 3 is 2.68 bits per heavy atom. The minimum absolute atomic E-state index is 0.0486. The highest BCUT2D eigenvalue weighted by atomic mass is 32.1. The van der Waals surface area contributed by atoms with Crippen molar-refractivity contribution in [3.05, 3.63) is 33.1 Å². The third kappa shape index (κ3) is 3.44. The Balaban J connectivity index is 1.72. The number of piperidine rings is 1. The van der Waals surface area contributed by atoms with Crippen LogP contribution in [0.15, 0.2) is 16.7 Å². The summed E-state index contributed by atoms with van der Waals surface area (Å²) >= 11 is 1.73. The smallest absolute Gasteiger partial charge is 0.259 e. The lowest BCUT2D eigenvalue weighted by Gasteiger charge is -2.32. The van der Waals surface area contributed by atoms with Gasteiger partial charge in [-0.15, -0.1) is 11.3 Å². The highest BCUT2D eigenvalue weighted by molar-refractivity contribution is 7.12. The minimum Gasteiger partial charge on any atom is -0.339 e. The molecule has 6 nitrogen and oxygen atoms in total. The summed E-state index contributed by atoms with van der Waals surface area (Å²) in [7, 11) is 1.98. The molecule has 0 spiro atoms. The number of fused-ring (bicyclic) bond motifs is 1. The number of likely N-dealkylation sites (tertiary alicyclic amines) is 1. The van der Waals surface area contributed by atoms with E-state index < -0.39 is 0 Å². The van der Waals surface area contributed by atoms with Gasteiger partial charge in [-0.3, -0.25) is 4.79 Å². The number of hydrogen-bond acceptors (Lipinski definition) is 6. The largest absolute Gasteiger partial charge is 0.339 e. The molecule has 0 saturated carbocycles. The maximum atomic E-state index is 13.4. The molecule has 7 heteroatoms. The average molecular weight is 399 g/mol. The average Bonchev–Trinajstić information content (AvgIpc) is 3.23. The summed E-state index contributed by atoms with van der Waals surface area (Å²) in [6.07, 6.45) is 2.05. The van der Waals surface area contributed by atoms with Gasteiger partial charge >= 0.3 is 0 Å². The lowest BCUT2D eigenvalue weighted by molar-refractivity contribution is 0.0693.